The molecule has 1 fully saturated rings. The second-order valence-electron chi connectivity index (χ2n) is 7.48. The average Bonchev–Trinajstić information content (AvgIpc) is 3.51. The Balaban J connectivity index is 1.59. The highest BCUT2D eigenvalue weighted by Gasteiger charge is 2.41. The van der Waals surface area contributed by atoms with Crippen molar-refractivity contribution in [1.29, 1.82) is 0 Å². The number of hydrogen-bond donors (Lipinski definition) is 0. The van der Waals surface area contributed by atoms with Gasteiger partial charge >= 0.3 is 6.01 Å². The van der Waals surface area contributed by atoms with Gasteiger partial charge in [0.15, 0.2) is 6.33 Å². The number of benzene rings is 3. The van der Waals surface area contributed by atoms with Crippen molar-refractivity contribution >= 4 is 17.8 Å². The molecule has 0 radical (unpaired) electrons. The summed E-state index contributed by atoms with van der Waals surface area (Å²) in [7, 11) is 0. The third kappa shape index (κ3) is 3.50. The van der Waals surface area contributed by atoms with Crippen molar-refractivity contribution in [1.82, 2.24) is 10.1 Å². The summed E-state index contributed by atoms with van der Waals surface area (Å²) in [5.74, 6) is 0. The minimum atomic E-state index is -0.292. The van der Waals surface area contributed by atoms with E-state index < -0.39 is 0 Å². The smallest absolute Gasteiger partial charge is 0.323 e. The zero-order chi connectivity index (χ0) is 20.2. The van der Waals surface area contributed by atoms with Gasteiger partial charge in [0, 0.05) is 18.3 Å². The van der Waals surface area contributed by atoms with E-state index in [-0.39, 0.29) is 4.75 Å². The molecular weight excluding hydrogens is 390 g/mol. The topological polar surface area (TPSA) is 42.2 Å². The number of hydrogen-bond acceptors (Lipinski definition) is 5. The Morgan fingerprint density at radius 3 is 1.80 bits per heavy atom. The van der Waals surface area contributed by atoms with Gasteiger partial charge < -0.3 is 9.42 Å². The van der Waals surface area contributed by atoms with Crippen molar-refractivity contribution in [2.75, 3.05) is 18.0 Å². The van der Waals surface area contributed by atoms with Crippen LogP contribution in [0.2, 0.25) is 0 Å². The second-order valence-corrected chi connectivity index (χ2v) is 8.99. The van der Waals surface area contributed by atoms with Crippen LogP contribution in [0.25, 0.3) is 0 Å². The summed E-state index contributed by atoms with van der Waals surface area (Å²) < 4.78 is 5.01. The number of thioether (sulfide) groups is 1. The highest BCUT2D eigenvalue weighted by atomic mass is 32.2. The predicted octanol–water partition coefficient (Wildman–Crippen LogP) is 5.37. The van der Waals surface area contributed by atoms with Crippen LogP contribution in [0, 0.1) is 0 Å². The summed E-state index contributed by atoms with van der Waals surface area (Å²) in [5.41, 5.74) is 3.89. The zero-order valence-corrected chi connectivity index (χ0v) is 17.4. The molecule has 1 aromatic heterocycles. The lowest BCUT2D eigenvalue weighted by molar-refractivity contribution is 0.417. The van der Waals surface area contributed by atoms with Crippen molar-refractivity contribution < 1.29 is 4.52 Å². The quantitative estimate of drug-likeness (QED) is 0.397. The van der Waals surface area contributed by atoms with Gasteiger partial charge in [0.2, 0.25) is 0 Å². The molecule has 1 aliphatic rings. The Hall–Kier alpha value is -3.05. The van der Waals surface area contributed by atoms with Gasteiger partial charge in [-0.2, -0.15) is 4.98 Å². The molecule has 1 aliphatic heterocycles. The van der Waals surface area contributed by atoms with Crippen LogP contribution >= 0.6 is 11.8 Å². The summed E-state index contributed by atoms with van der Waals surface area (Å²) >= 11 is 2.03. The van der Waals surface area contributed by atoms with Crippen LogP contribution in [-0.4, -0.2) is 28.5 Å². The first kappa shape index (κ1) is 18.9. The first-order valence-corrected chi connectivity index (χ1v) is 11.1. The largest absolute Gasteiger partial charge is 0.323 e. The van der Waals surface area contributed by atoms with Gasteiger partial charge in [-0.3, -0.25) is 0 Å². The molecule has 0 bridgehead atoms. The van der Waals surface area contributed by atoms with Gasteiger partial charge in [0.25, 0.3) is 0 Å². The maximum atomic E-state index is 5.31. The standard InChI is InChI=1S/C25H23N3OS/c1-4-10-20(11-5-1)25(21-12-6-2-7-13-21,22-14-8-3-9-15-22)30-23-16-17-28(18-23)24-26-19-27-29-24/h1-15,19,23H,16-18H2. The maximum Gasteiger partial charge on any atom is 0.323 e. The third-order valence-electron chi connectivity index (χ3n) is 5.65. The van der Waals surface area contributed by atoms with Gasteiger partial charge in [-0.25, -0.2) is 0 Å². The van der Waals surface area contributed by atoms with E-state index in [2.05, 4.69) is 106 Å². The molecule has 4 nitrogen and oxygen atoms in total. The summed E-state index contributed by atoms with van der Waals surface area (Å²) in [4.78, 5) is 6.43. The Morgan fingerprint density at radius 1 is 0.800 bits per heavy atom. The molecule has 1 unspecified atom stereocenters. The molecule has 150 valence electrons. The average molecular weight is 414 g/mol. The predicted molar refractivity (Wildman–Crippen MR) is 122 cm³/mol. The molecule has 0 saturated carbocycles. The molecule has 4 aromatic rings. The Bertz CT molecular complexity index is 959. The third-order valence-corrected chi connectivity index (χ3v) is 7.43. The van der Waals surface area contributed by atoms with Crippen LogP contribution in [0.5, 0.6) is 0 Å². The fourth-order valence-corrected chi connectivity index (χ4v) is 6.07. The first-order valence-electron chi connectivity index (χ1n) is 10.2. The SMILES string of the molecule is c1ccc(C(SC2CCN(c3ncno3)C2)(c2ccccc2)c2ccccc2)cc1. The van der Waals surface area contributed by atoms with Crippen LogP contribution in [0.3, 0.4) is 0 Å². The molecule has 0 aliphatic carbocycles. The van der Waals surface area contributed by atoms with Crippen LogP contribution in [0.4, 0.5) is 6.01 Å². The molecule has 2 heterocycles. The normalized spacial score (nSPS) is 16.7. The van der Waals surface area contributed by atoms with E-state index in [1.54, 1.807) is 0 Å². The lowest BCUT2D eigenvalue weighted by Gasteiger charge is -2.37. The van der Waals surface area contributed by atoms with E-state index in [1.165, 1.54) is 23.0 Å². The molecule has 1 saturated heterocycles. The van der Waals surface area contributed by atoms with Crippen LogP contribution < -0.4 is 4.90 Å². The molecule has 0 amide bonds. The van der Waals surface area contributed by atoms with E-state index in [0.717, 1.165) is 19.5 Å². The Kier molecular flexibility index (Phi) is 5.28. The summed E-state index contributed by atoms with van der Waals surface area (Å²) in [5, 5.41) is 4.20. The van der Waals surface area contributed by atoms with Crippen molar-refractivity contribution in [3.63, 3.8) is 0 Å². The molecule has 30 heavy (non-hydrogen) atoms. The maximum absolute atomic E-state index is 5.31. The minimum Gasteiger partial charge on any atom is -0.323 e. The molecule has 1 atom stereocenters. The lowest BCUT2D eigenvalue weighted by atomic mass is 9.84. The lowest BCUT2D eigenvalue weighted by Crippen LogP contribution is -2.30. The molecule has 5 rings (SSSR count). The summed E-state index contributed by atoms with van der Waals surface area (Å²) in [6.45, 7) is 1.81. The van der Waals surface area contributed by atoms with Crippen LogP contribution in [0.15, 0.2) is 102 Å². The second kappa shape index (κ2) is 8.36. The van der Waals surface area contributed by atoms with Crippen molar-refractivity contribution in [2.24, 2.45) is 0 Å². The number of aromatic nitrogens is 2. The van der Waals surface area contributed by atoms with Gasteiger partial charge in [-0.15, -0.1) is 11.8 Å². The molecule has 3 aromatic carbocycles. The number of rotatable bonds is 6. The monoisotopic (exact) mass is 413 g/mol. The van der Waals surface area contributed by atoms with E-state index in [4.69, 9.17) is 4.52 Å². The molecular formula is C25H23N3OS. The Morgan fingerprint density at radius 2 is 1.33 bits per heavy atom. The van der Waals surface area contributed by atoms with Crippen molar-refractivity contribution in [3.8, 4) is 0 Å². The first-order chi connectivity index (χ1) is 14.9. The fraction of sp³-hybridized carbons (Fsp3) is 0.200. The van der Waals surface area contributed by atoms with E-state index in [0.29, 0.717) is 11.3 Å². The zero-order valence-electron chi connectivity index (χ0n) is 16.6. The molecule has 0 spiro atoms. The van der Waals surface area contributed by atoms with E-state index >= 15 is 0 Å². The number of anilines is 1. The Labute approximate surface area is 180 Å². The van der Waals surface area contributed by atoms with Gasteiger partial charge in [-0.1, -0.05) is 96.2 Å². The van der Waals surface area contributed by atoms with Gasteiger partial charge in [0.1, 0.15) is 0 Å². The summed E-state index contributed by atoms with van der Waals surface area (Å²) in [6, 6.07) is 33.2. The fourth-order valence-electron chi connectivity index (χ4n) is 4.28. The van der Waals surface area contributed by atoms with Crippen molar-refractivity contribution in [3.05, 3.63) is 114 Å². The van der Waals surface area contributed by atoms with Crippen molar-refractivity contribution in [2.45, 2.75) is 16.4 Å². The highest BCUT2D eigenvalue weighted by Crippen LogP contribution is 2.51. The minimum absolute atomic E-state index is 0.292. The van der Waals surface area contributed by atoms with Gasteiger partial charge in [-0.05, 0) is 23.1 Å². The highest BCUT2D eigenvalue weighted by molar-refractivity contribution is 8.01. The van der Waals surface area contributed by atoms with Gasteiger partial charge in [0.05, 0.1) is 4.75 Å². The van der Waals surface area contributed by atoms with Crippen LogP contribution in [0.1, 0.15) is 23.1 Å². The molecule has 5 heteroatoms. The number of nitrogens with zero attached hydrogens (tertiary/aromatic N) is 3. The van der Waals surface area contributed by atoms with E-state index in [1.807, 2.05) is 11.8 Å². The van der Waals surface area contributed by atoms with Crippen LogP contribution in [-0.2, 0) is 4.75 Å². The molecule has 0 N–H and O–H groups in total. The summed E-state index contributed by atoms with van der Waals surface area (Å²) in [6.07, 6.45) is 2.54. The van der Waals surface area contributed by atoms with E-state index in [9.17, 15) is 0 Å².